The van der Waals surface area contributed by atoms with E-state index >= 15 is 0 Å². The highest BCUT2D eigenvalue weighted by Gasteiger charge is 2.35. The number of nitrogens with two attached hydrogens (primary N) is 1. The molecule has 0 unspecified atom stereocenters. The summed E-state index contributed by atoms with van der Waals surface area (Å²) in [6.07, 6.45) is 3.91. The van der Waals surface area contributed by atoms with E-state index in [0.29, 0.717) is 11.6 Å². The van der Waals surface area contributed by atoms with E-state index in [1.807, 2.05) is 0 Å². The van der Waals surface area contributed by atoms with Gasteiger partial charge in [0.2, 0.25) is 0 Å². The number of aliphatic hydroxyl groups excluding tert-OH is 1. The minimum absolute atomic E-state index is 0.211. The molecule has 3 N–H and O–H groups in total. The lowest BCUT2D eigenvalue weighted by Gasteiger charge is -2.30. The van der Waals surface area contributed by atoms with Crippen molar-refractivity contribution in [1.82, 2.24) is 9.88 Å². The molecular weight excluding hydrogens is 300 g/mol. The zero-order chi connectivity index (χ0) is 15.5. The van der Waals surface area contributed by atoms with Crippen LogP contribution in [0.15, 0.2) is 5.38 Å². The van der Waals surface area contributed by atoms with Gasteiger partial charge in [-0.15, -0.1) is 11.3 Å². The van der Waals surface area contributed by atoms with E-state index in [9.17, 15) is 9.90 Å². The number of thiazole rings is 1. The highest BCUT2D eigenvalue weighted by molar-refractivity contribution is 7.13. The van der Waals surface area contributed by atoms with Gasteiger partial charge in [-0.2, -0.15) is 0 Å². The first-order valence-corrected chi connectivity index (χ1v) is 8.89. The highest BCUT2D eigenvalue weighted by Crippen LogP contribution is 2.31. The number of anilines is 1. The Labute approximate surface area is 134 Å². The van der Waals surface area contributed by atoms with Crippen molar-refractivity contribution in [3.8, 4) is 0 Å². The predicted molar refractivity (Wildman–Crippen MR) is 87.2 cm³/mol. The molecule has 122 valence electrons. The van der Waals surface area contributed by atoms with Gasteiger partial charge >= 0.3 is 0 Å². The first-order chi connectivity index (χ1) is 10.7. The number of piperidine rings is 1. The lowest BCUT2D eigenvalue weighted by atomic mass is 9.95. The molecule has 6 nitrogen and oxygen atoms in total. The summed E-state index contributed by atoms with van der Waals surface area (Å²) < 4.78 is 0. The molecule has 0 aromatic carbocycles. The number of amides is 1. The van der Waals surface area contributed by atoms with Crippen LogP contribution >= 0.6 is 11.3 Å². The summed E-state index contributed by atoms with van der Waals surface area (Å²) in [7, 11) is 0. The van der Waals surface area contributed by atoms with Crippen LogP contribution in [0, 0.1) is 11.8 Å². The molecule has 0 aliphatic carbocycles. The maximum Gasteiger partial charge on any atom is 0.268 e. The molecule has 0 bridgehead atoms. The molecule has 3 rings (SSSR count). The molecule has 2 saturated heterocycles. The number of carbonyl (C=O) groups is 1. The number of nitrogens with zero attached hydrogens (tertiary/aromatic N) is 3. The fourth-order valence-corrected chi connectivity index (χ4v) is 4.34. The highest BCUT2D eigenvalue weighted by atomic mass is 32.1. The van der Waals surface area contributed by atoms with Crippen LogP contribution < -0.4 is 10.6 Å². The molecule has 3 heterocycles. The topological polar surface area (TPSA) is 82.7 Å². The van der Waals surface area contributed by atoms with Crippen molar-refractivity contribution in [3.63, 3.8) is 0 Å². The second kappa shape index (κ2) is 6.93. The Hall–Kier alpha value is -1.18. The van der Waals surface area contributed by atoms with E-state index in [4.69, 9.17) is 5.73 Å². The minimum atomic E-state index is -0.481. The molecule has 2 aliphatic heterocycles. The van der Waals surface area contributed by atoms with Crippen LogP contribution in [0.3, 0.4) is 0 Å². The standard InChI is InChI=1S/C15H24N4O2S/c16-14(21)13-10-22-15(17-13)19-7-11(12(8-19)9-20)6-18-4-2-1-3-5-18/h10-12,20H,1-9H2,(H2,16,21)/t11-,12-/m1/s1. The summed E-state index contributed by atoms with van der Waals surface area (Å²) in [4.78, 5) is 20.2. The number of aromatic nitrogens is 1. The molecular formula is C15H24N4O2S. The van der Waals surface area contributed by atoms with Crippen LogP contribution in [0.5, 0.6) is 0 Å². The van der Waals surface area contributed by atoms with Crippen LogP contribution in [-0.4, -0.2) is 60.2 Å². The van der Waals surface area contributed by atoms with Gasteiger partial charge in [0.1, 0.15) is 5.69 Å². The molecule has 1 amide bonds. The van der Waals surface area contributed by atoms with Gasteiger partial charge in [-0.1, -0.05) is 6.42 Å². The van der Waals surface area contributed by atoms with Crippen LogP contribution in [0.1, 0.15) is 29.8 Å². The second-order valence-corrected chi connectivity index (χ2v) is 7.19. The number of likely N-dealkylation sites (tertiary alicyclic amines) is 1. The average molecular weight is 324 g/mol. The van der Waals surface area contributed by atoms with Crippen molar-refractivity contribution >= 4 is 22.4 Å². The van der Waals surface area contributed by atoms with Crippen molar-refractivity contribution in [2.24, 2.45) is 17.6 Å². The summed E-state index contributed by atoms with van der Waals surface area (Å²) in [6, 6.07) is 0. The van der Waals surface area contributed by atoms with Crippen LogP contribution in [0.25, 0.3) is 0 Å². The Morgan fingerprint density at radius 1 is 1.32 bits per heavy atom. The first kappa shape index (κ1) is 15.7. The summed E-state index contributed by atoms with van der Waals surface area (Å²) in [6.45, 7) is 5.32. The summed E-state index contributed by atoms with van der Waals surface area (Å²) in [5.74, 6) is 0.261. The quantitative estimate of drug-likeness (QED) is 0.836. The van der Waals surface area contributed by atoms with Crippen molar-refractivity contribution < 1.29 is 9.90 Å². The lowest BCUT2D eigenvalue weighted by molar-refractivity contribution is 0.0996. The van der Waals surface area contributed by atoms with Gasteiger partial charge in [0.05, 0.1) is 0 Å². The SMILES string of the molecule is NC(=O)c1csc(N2C[C@@H](CN3CCCCC3)[C@@H](CO)C2)n1. The number of hydrogen-bond acceptors (Lipinski definition) is 6. The summed E-state index contributed by atoms with van der Waals surface area (Å²) in [5, 5.41) is 12.2. The zero-order valence-corrected chi connectivity index (χ0v) is 13.6. The zero-order valence-electron chi connectivity index (χ0n) is 12.8. The fraction of sp³-hybridized carbons (Fsp3) is 0.733. The molecule has 2 fully saturated rings. The Kier molecular flexibility index (Phi) is 4.95. The van der Waals surface area contributed by atoms with E-state index in [0.717, 1.165) is 24.8 Å². The number of hydrogen-bond donors (Lipinski definition) is 2. The molecule has 0 saturated carbocycles. The minimum Gasteiger partial charge on any atom is -0.396 e. The van der Waals surface area contributed by atoms with E-state index in [1.165, 1.54) is 43.7 Å². The third kappa shape index (κ3) is 3.42. The van der Waals surface area contributed by atoms with Crippen LogP contribution in [0.4, 0.5) is 5.13 Å². The van der Waals surface area contributed by atoms with Gasteiger partial charge < -0.3 is 20.6 Å². The Balaban J connectivity index is 1.64. The third-order valence-corrected chi connectivity index (χ3v) is 5.67. The van der Waals surface area contributed by atoms with Gasteiger partial charge in [0.15, 0.2) is 5.13 Å². The van der Waals surface area contributed by atoms with Crippen LogP contribution in [-0.2, 0) is 0 Å². The Morgan fingerprint density at radius 3 is 2.68 bits per heavy atom. The van der Waals surface area contributed by atoms with E-state index < -0.39 is 5.91 Å². The fourth-order valence-electron chi connectivity index (χ4n) is 3.50. The summed E-state index contributed by atoms with van der Waals surface area (Å²) in [5.41, 5.74) is 5.60. The Morgan fingerprint density at radius 2 is 2.05 bits per heavy atom. The molecule has 2 atom stereocenters. The maximum absolute atomic E-state index is 11.2. The van der Waals surface area contributed by atoms with Gasteiger partial charge in [-0.25, -0.2) is 4.98 Å². The first-order valence-electron chi connectivity index (χ1n) is 8.01. The molecule has 0 spiro atoms. The molecule has 2 aliphatic rings. The number of rotatable bonds is 5. The van der Waals surface area contributed by atoms with E-state index in [1.54, 1.807) is 5.38 Å². The lowest BCUT2D eigenvalue weighted by Crippen LogP contribution is -2.37. The third-order valence-electron chi connectivity index (χ3n) is 4.77. The molecule has 22 heavy (non-hydrogen) atoms. The van der Waals surface area contributed by atoms with Crippen LogP contribution in [0.2, 0.25) is 0 Å². The van der Waals surface area contributed by atoms with Gasteiger partial charge in [-0.3, -0.25) is 4.79 Å². The molecule has 1 aromatic rings. The predicted octanol–water partition coefficient (Wildman–Crippen LogP) is 0.773. The number of carbonyl (C=O) groups excluding carboxylic acids is 1. The smallest absolute Gasteiger partial charge is 0.268 e. The monoisotopic (exact) mass is 324 g/mol. The normalized spacial score (nSPS) is 26.5. The van der Waals surface area contributed by atoms with E-state index in [2.05, 4.69) is 14.8 Å². The van der Waals surface area contributed by atoms with Gasteiger partial charge in [-0.05, 0) is 31.8 Å². The largest absolute Gasteiger partial charge is 0.396 e. The second-order valence-electron chi connectivity index (χ2n) is 6.35. The van der Waals surface area contributed by atoms with Gasteiger partial charge in [0, 0.05) is 37.5 Å². The maximum atomic E-state index is 11.2. The van der Waals surface area contributed by atoms with Crippen molar-refractivity contribution in [3.05, 3.63) is 11.1 Å². The number of primary amides is 1. The van der Waals surface area contributed by atoms with E-state index in [-0.39, 0.29) is 12.5 Å². The summed E-state index contributed by atoms with van der Waals surface area (Å²) >= 11 is 1.45. The molecule has 1 aromatic heterocycles. The molecule has 0 radical (unpaired) electrons. The molecule has 7 heteroatoms. The van der Waals surface area contributed by atoms with Crippen molar-refractivity contribution in [2.45, 2.75) is 19.3 Å². The average Bonchev–Trinajstić information content (AvgIpc) is 3.14. The number of aliphatic hydroxyl groups is 1. The van der Waals surface area contributed by atoms with Crippen molar-refractivity contribution in [2.75, 3.05) is 44.2 Å². The van der Waals surface area contributed by atoms with Gasteiger partial charge in [0.25, 0.3) is 5.91 Å². The Bertz CT molecular complexity index is 515. The van der Waals surface area contributed by atoms with Crippen molar-refractivity contribution in [1.29, 1.82) is 0 Å².